The number of para-hydroxylation sites is 1. The summed E-state index contributed by atoms with van der Waals surface area (Å²) in [6.45, 7) is 4.17. The predicted octanol–water partition coefficient (Wildman–Crippen LogP) is 3.89. The van der Waals surface area contributed by atoms with Crippen molar-refractivity contribution in [2.45, 2.75) is 19.8 Å². The summed E-state index contributed by atoms with van der Waals surface area (Å²) in [5.74, 6) is 1.97. The van der Waals surface area contributed by atoms with Crippen molar-refractivity contribution < 1.29 is 4.42 Å². The second-order valence-corrected chi connectivity index (χ2v) is 5.25. The third-order valence-electron chi connectivity index (χ3n) is 3.88. The fourth-order valence-corrected chi connectivity index (χ4v) is 2.99. The molecule has 1 aliphatic rings. The Labute approximate surface area is 111 Å². The molecule has 0 spiro atoms. The summed E-state index contributed by atoms with van der Waals surface area (Å²) in [5, 5.41) is 2.36. The van der Waals surface area contributed by atoms with Crippen molar-refractivity contribution in [2.75, 3.05) is 18.0 Å². The molecule has 0 radical (unpaired) electrons. The van der Waals surface area contributed by atoms with Crippen molar-refractivity contribution >= 4 is 27.7 Å². The zero-order valence-electron chi connectivity index (χ0n) is 11.0. The van der Waals surface area contributed by atoms with Crippen molar-refractivity contribution in [1.29, 1.82) is 0 Å². The number of pyridine rings is 1. The highest BCUT2D eigenvalue weighted by Crippen LogP contribution is 2.34. The van der Waals surface area contributed by atoms with Crippen molar-refractivity contribution in [3.05, 3.63) is 36.1 Å². The highest BCUT2D eigenvalue weighted by atomic mass is 16.3. The molecule has 3 heteroatoms. The summed E-state index contributed by atoms with van der Waals surface area (Å²) >= 11 is 0. The lowest BCUT2D eigenvalue weighted by atomic mass is 10.1. The van der Waals surface area contributed by atoms with Gasteiger partial charge in [0.1, 0.15) is 5.76 Å². The highest BCUT2D eigenvalue weighted by Gasteiger charge is 2.20. The number of anilines is 1. The molecule has 0 bridgehead atoms. The lowest BCUT2D eigenvalue weighted by Gasteiger charge is -2.17. The van der Waals surface area contributed by atoms with Gasteiger partial charge in [-0.05, 0) is 31.9 Å². The van der Waals surface area contributed by atoms with Crippen molar-refractivity contribution in [3.8, 4) is 0 Å². The van der Waals surface area contributed by atoms with Gasteiger partial charge in [-0.25, -0.2) is 4.98 Å². The van der Waals surface area contributed by atoms with Crippen LogP contribution in [0.4, 0.5) is 5.82 Å². The maximum absolute atomic E-state index is 5.92. The minimum atomic E-state index is 0.943. The molecule has 0 atom stereocenters. The van der Waals surface area contributed by atoms with Crippen LogP contribution in [0.1, 0.15) is 18.6 Å². The molecule has 2 aromatic heterocycles. The average molecular weight is 252 g/mol. The molecule has 0 N–H and O–H groups in total. The fraction of sp³-hybridized carbons (Fsp3) is 0.312. The summed E-state index contributed by atoms with van der Waals surface area (Å²) in [4.78, 5) is 7.18. The van der Waals surface area contributed by atoms with Crippen LogP contribution in [0, 0.1) is 6.92 Å². The Bertz CT molecular complexity index is 754. The van der Waals surface area contributed by atoms with Gasteiger partial charge in [-0.2, -0.15) is 0 Å². The van der Waals surface area contributed by atoms with Crippen LogP contribution >= 0.6 is 0 Å². The standard InChI is InChI=1S/C16H16N2O/c1-11-10-13-12-6-2-3-7-14(12)17-16(15(13)19-11)18-8-4-5-9-18/h2-3,6-7,10H,4-5,8-9H2,1H3. The fourth-order valence-electron chi connectivity index (χ4n) is 2.99. The maximum atomic E-state index is 5.92. The monoisotopic (exact) mass is 252 g/mol. The molecule has 19 heavy (non-hydrogen) atoms. The van der Waals surface area contributed by atoms with Crippen LogP contribution < -0.4 is 4.90 Å². The normalized spacial score (nSPS) is 15.7. The SMILES string of the molecule is Cc1cc2c(o1)c(N1CCCC1)nc1ccccc12. The van der Waals surface area contributed by atoms with Crippen LogP contribution in [0.2, 0.25) is 0 Å². The lowest BCUT2D eigenvalue weighted by Crippen LogP contribution is -2.19. The van der Waals surface area contributed by atoms with E-state index in [4.69, 9.17) is 9.40 Å². The van der Waals surface area contributed by atoms with E-state index in [-0.39, 0.29) is 0 Å². The van der Waals surface area contributed by atoms with Gasteiger partial charge in [0.2, 0.25) is 0 Å². The molecule has 96 valence electrons. The largest absolute Gasteiger partial charge is 0.457 e. The summed E-state index contributed by atoms with van der Waals surface area (Å²) in [7, 11) is 0. The topological polar surface area (TPSA) is 29.3 Å². The first-order valence-electron chi connectivity index (χ1n) is 6.87. The number of hydrogen-bond donors (Lipinski definition) is 0. The molecule has 0 aliphatic carbocycles. The van der Waals surface area contributed by atoms with Crippen molar-refractivity contribution in [3.63, 3.8) is 0 Å². The number of benzene rings is 1. The lowest BCUT2D eigenvalue weighted by molar-refractivity contribution is 0.576. The molecular formula is C16H16N2O. The number of nitrogens with zero attached hydrogens (tertiary/aromatic N) is 2. The van der Waals surface area contributed by atoms with Gasteiger partial charge < -0.3 is 9.32 Å². The summed E-state index contributed by atoms with van der Waals surface area (Å²) in [6.07, 6.45) is 2.49. The van der Waals surface area contributed by atoms with E-state index in [1.165, 1.54) is 23.6 Å². The van der Waals surface area contributed by atoms with Gasteiger partial charge in [0.05, 0.1) is 5.52 Å². The zero-order chi connectivity index (χ0) is 12.8. The first kappa shape index (κ1) is 10.9. The summed E-state index contributed by atoms with van der Waals surface area (Å²) in [6, 6.07) is 10.4. The number of furan rings is 1. The number of hydrogen-bond acceptors (Lipinski definition) is 3. The molecule has 4 rings (SSSR count). The molecule has 3 nitrogen and oxygen atoms in total. The number of rotatable bonds is 1. The first-order chi connectivity index (χ1) is 9.33. The molecule has 1 aromatic carbocycles. The Balaban J connectivity index is 2.09. The molecule has 3 aromatic rings. The Hall–Kier alpha value is -2.03. The van der Waals surface area contributed by atoms with Gasteiger partial charge >= 0.3 is 0 Å². The van der Waals surface area contributed by atoms with E-state index in [2.05, 4.69) is 29.2 Å². The highest BCUT2D eigenvalue weighted by molar-refractivity contribution is 6.08. The molecule has 0 unspecified atom stereocenters. The van der Waals surface area contributed by atoms with Crippen LogP contribution in [0.5, 0.6) is 0 Å². The minimum Gasteiger partial charge on any atom is -0.457 e. The molecule has 1 fully saturated rings. The van der Waals surface area contributed by atoms with Crippen LogP contribution in [0.15, 0.2) is 34.7 Å². The van der Waals surface area contributed by atoms with Gasteiger partial charge in [-0.1, -0.05) is 18.2 Å². The first-order valence-corrected chi connectivity index (χ1v) is 6.87. The van der Waals surface area contributed by atoms with Gasteiger partial charge in [-0.3, -0.25) is 0 Å². The van der Waals surface area contributed by atoms with Gasteiger partial charge in [-0.15, -0.1) is 0 Å². The number of aryl methyl sites for hydroxylation is 1. The third-order valence-corrected chi connectivity index (χ3v) is 3.88. The number of aromatic nitrogens is 1. The van der Waals surface area contributed by atoms with E-state index >= 15 is 0 Å². The summed E-state index contributed by atoms with van der Waals surface area (Å²) in [5.41, 5.74) is 2.00. The Kier molecular flexibility index (Phi) is 2.28. The molecular weight excluding hydrogens is 236 g/mol. The molecule has 3 heterocycles. The maximum Gasteiger partial charge on any atom is 0.177 e. The number of fused-ring (bicyclic) bond motifs is 3. The van der Waals surface area contributed by atoms with Crippen LogP contribution in [0.3, 0.4) is 0 Å². The van der Waals surface area contributed by atoms with Crippen LogP contribution in [0.25, 0.3) is 21.9 Å². The molecule has 1 saturated heterocycles. The van der Waals surface area contributed by atoms with Crippen molar-refractivity contribution in [2.24, 2.45) is 0 Å². The Morgan fingerprint density at radius 2 is 1.89 bits per heavy atom. The second kappa shape index (κ2) is 3.98. The smallest absolute Gasteiger partial charge is 0.177 e. The zero-order valence-corrected chi connectivity index (χ0v) is 11.0. The summed E-state index contributed by atoms with van der Waals surface area (Å²) < 4.78 is 5.92. The predicted molar refractivity (Wildman–Crippen MR) is 77.7 cm³/mol. The van der Waals surface area contributed by atoms with E-state index < -0.39 is 0 Å². The third kappa shape index (κ3) is 1.61. The van der Waals surface area contributed by atoms with E-state index in [1.54, 1.807) is 0 Å². The Morgan fingerprint density at radius 1 is 1.11 bits per heavy atom. The van der Waals surface area contributed by atoms with E-state index in [9.17, 15) is 0 Å². The van der Waals surface area contributed by atoms with Gasteiger partial charge in [0.15, 0.2) is 11.4 Å². The van der Waals surface area contributed by atoms with Crippen LogP contribution in [-0.4, -0.2) is 18.1 Å². The molecule has 1 aliphatic heterocycles. The molecule has 0 saturated carbocycles. The minimum absolute atomic E-state index is 0.943. The van der Waals surface area contributed by atoms with Gasteiger partial charge in [0.25, 0.3) is 0 Å². The second-order valence-electron chi connectivity index (χ2n) is 5.25. The van der Waals surface area contributed by atoms with E-state index in [1.807, 2.05) is 13.0 Å². The average Bonchev–Trinajstić information content (AvgIpc) is 3.06. The van der Waals surface area contributed by atoms with E-state index in [0.717, 1.165) is 35.8 Å². The molecule has 0 amide bonds. The Morgan fingerprint density at radius 3 is 2.74 bits per heavy atom. The van der Waals surface area contributed by atoms with Crippen LogP contribution in [-0.2, 0) is 0 Å². The quantitative estimate of drug-likeness (QED) is 0.658. The van der Waals surface area contributed by atoms with Gasteiger partial charge in [0, 0.05) is 23.9 Å². The van der Waals surface area contributed by atoms with E-state index in [0.29, 0.717) is 0 Å². The van der Waals surface area contributed by atoms with Crippen molar-refractivity contribution in [1.82, 2.24) is 4.98 Å².